The molecule has 0 atom stereocenters. The molecule has 1 amide bonds. The van der Waals surface area contributed by atoms with Gasteiger partial charge in [-0.1, -0.05) is 0 Å². The molecule has 2 aromatic rings. The third-order valence-electron chi connectivity index (χ3n) is 4.07. The number of hydrogen-bond acceptors (Lipinski definition) is 6. The van der Waals surface area contributed by atoms with Gasteiger partial charge in [-0.3, -0.25) is 9.78 Å². The molecule has 3 heterocycles. The zero-order chi connectivity index (χ0) is 17.5. The number of fused-ring (bicyclic) bond motifs is 1. The van der Waals surface area contributed by atoms with Gasteiger partial charge in [-0.05, 0) is 30.7 Å². The lowest BCUT2D eigenvalue weighted by atomic mass is 10.0. The number of carbonyl (C=O) groups is 1. The fourth-order valence-electron chi connectivity index (χ4n) is 2.72. The predicted molar refractivity (Wildman–Crippen MR) is 91.7 cm³/mol. The van der Waals surface area contributed by atoms with Crippen LogP contribution in [-0.4, -0.2) is 59.0 Å². The zero-order valence-corrected chi connectivity index (χ0v) is 14.4. The van der Waals surface area contributed by atoms with Gasteiger partial charge in [0.15, 0.2) is 0 Å². The molecule has 2 aromatic heterocycles. The van der Waals surface area contributed by atoms with Crippen molar-refractivity contribution in [1.29, 1.82) is 0 Å². The summed E-state index contributed by atoms with van der Waals surface area (Å²) in [5, 5.41) is 8.62. The van der Waals surface area contributed by atoms with Crippen LogP contribution in [0.2, 0.25) is 0 Å². The number of rotatable bonds is 7. The van der Waals surface area contributed by atoms with Crippen LogP contribution in [0, 0.1) is 0 Å². The summed E-state index contributed by atoms with van der Waals surface area (Å²) in [7, 11) is 0. The first-order valence-electron chi connectivity index (χ1n) is 8.47. The Balaban J connectivity index is 1.61. The molecular formula is C18H22N4O3. The lowest BCUT2D eigenvalue weighted by Gasteiger charge is -2.28. The van der Waals surface area contributed by atoms with Crippen LogP contribution in [-0.2, 0) is 27.2 Å². The van der Waals surface area contributed by atoms with Crippen LogP contribution in [0.25, 0.3) is 11.3 Å². The van der Waals surface area contributed by atoms with Gasteiger partial charge in [-0.15, -0.1) is 0 Å². The van der Waals surface area contributed by atoms with Gasteiger partial charge in [-0.25, -0.2) is 0 Å². The van der Waals surface area contributed by atoms with Crippen molar-refractivity contribution in [2.75, 3.05) is 33.0 Å². The van der Waals surface area contributed by atoms with Crippen LogP contribution in [0.1, 0.15) is 18.2 Å². The molecule has 0 radical (unpaired) electrons. The first kappa shape index (κ1) is 17.4. The Morgan fingerprint density at radius 3 is 2.80 bits per heavy atom. The summed E-state index contributed by atoms with van der Waals surface area (Å²) >= 11 is 0. The Kier molecular flexibility index (Phi) is 6.03. The number of amides is 1. The normalized spacial score (nSPS) is 13.6. The molecule has 7 nitrogen and oxygen atoms in total. The van der Waals surface area contributed by atoms with Crippen molar-refractivity contribution < 1.29 is 14.3 Å². The van der Waals surface area contributed by atoms with E-state index in [0.29, 0.717) is 39.3 Å². The molecule has 0 unspecified atom stereocenters. The summed E-state index contributed by atoms with van der Waals surface area (Å²) < 4.78 is 10.6. The first-order valence-corrected chi connectivity index (χ1v) is 8.47. The van der Waals surface area contributed by atoms with Crippen molar-refractivity contribution >= 4 is 5.91 Å². The second-order valence-corrected chi connectivity index (χ2v) is 5.75. The van der Waals surface area contributed by atoms with Crippen molar-refractivity contribution in [2.45, 2.75) is 19.9 Å². The molecule has 1 aliphatic heterocycles. The highest BCUT2D eigenvalue weighted by atomic mass is 16.5. The van der Waals surface area contributed by atoms with Crippen molar-refractivity contribution in [3.63, 3.8) is 0 Å². The lowest BCUT2D eigenvalue weighted by Crippen LogP contribution is -2.38. The first-order chi connectivity index (χ1) is 12.3. The van der Waals surface area contributed by atoms with Gasteiger partial charge in [0.1, 0.15) is 6.61 Å². The van der Waals surface area contributed by atoms with Crippen LogP contribution in [0.4, 0.5) is 0 Å². The van der Waals surface area contributed by atoms with Gasteiger partial charge in [-0.2, -0.15) is 10.2 Å². The molecule has 1 aliphatic rings. The van der Waals surface area contributed by atoms with Gasteiger partial charge >= 0.3 is 0 Å². The average molecular weight is 342 g/mol. The monoisotopic (exact) mass is 342 g/mol. The molecule has 25 heavy (non-hydrogen) atoms. The Morgan fingerprint density at radius 2 is 2.00 bits per heavy atom. The minimum atomic E-state index is -0.00979. The third-order valence-corrected chi connectivity index (χ3v) is 4.07. The van der Waals surface area contributed by atoms with Crippen molar-refractivity contribution in [1.82, 2.24) is 20.1 Å². The summed E-state index contributed by atoms with van der Waals surface area (Å²) in [4.78, 5) is 18.1. The molecular weight excluding hydrogens is 320 g/mol. The minimum Gasteiger partial charge on any atom is -0.379 e. The second-order valence-electron chi connectivity index (χ2n) is 5.75. The van der Waals surface area contributed by atoms with Crippen molar-refractivity contribution in [3.8, 4) is 11.3 Å². The summed E-state index contributed by atoms with van der Waals surface area (Å²) in [6.45, 7) is 4.79. The van der Waals surface area contributed by atoms with E-state index in [1.54, 1.807) is 17.3 Å². The highest BCUT2D eigenvalue weighted by Gasteiger charge is 2.22. The Morgan fingerprint density at radius 1 is 1.20 bits per heavy atom. The van der Waals surface area contributed by atoms with Crippen LogP contribution in [0.15, 0.2) is 30.6 Å². The molecule has 0 saturated carbocycles. The van der Waals surface area contributed by atoms with Crippen LogP contribution in [0.5, 0.6) is 0 Å². The van der Waals surface area contributed by atoms with E-state index >= 15 is 0 Å². The maximum atomic E-state index is 12.3. The molecule has 0 bridgehead atoms. The van der Waals surface area contributed by atoms with E-state index in [1.165, 1.54) is 0 Å². The number of ether oxygens (including phenoxy) is 2. The van der Waals surface area contributed by atoms with Gasteiger partial charge < -0.3 is 14.4 Å². The fraction of sp³-hybridized carbons (Fsp3) is 0.444. The molecule has 0 aliphatic carbocycles. The van der Waals surface area contributed by atoms with E-state index in [0.717, 1.165) is 22.5 Å². The van der Waals surface area contributed by atoms with E-state index in [1.807, 2.05) is 25.1 Å². The number of pyridine rings is 1. The summed E-state index contributed by atoms with van der Waals surface area (Å²) in [5.41, 5.74) is 3.76. The Bertz CT molecular complexity index is 709. The molecule has 7 heteroatoms. The summed E-state index contributed by atoms with van der Waals surface area (Å²) in [6, 6.07) is 5.80. The van der Waals surface area contributed by atoms with E-state index in [2.05, 4.69) is 15.2 Å². The predicted octanol–water partition coefficient (Wildman–Crippen LogP) is 1.48. The van der Waals surface area contributed by atoms with Crippen molar-refractivity contribution in [2.24, 2.45) is 0 Å². The highest BCUT2D eigenvalue weighted by molar-refractivity contribution is 5.77. The van der Waals surface area contributed by atoms with E-state index < -0.39 is 0 Å². The maximum Gasteiger partial charge on any atom is 0.248 e. The molecule has 0 fully saturated rings. The van der Waals surface area contributed by atoms with Crippen LogP contribution < -0.4 is 0 Å². The largest absolute Gasteiger partial charge is 0.379 e. The Labute approximate surface area is 147 Å². The number of nitrogens with zero attached hydrogens (tertiary/aromatic N) is 4. The van der Waals surface area contributed by atoms with Crippen LogP contribution in [0.3, 0.4) is 0 Å². The van der Waals surface area contributed by atoms with Gasteiger partial charge in [0.2, 0.25) is 5.91 Å². The molecule has 0 aromatic carbocycles. The van der Waals surface area contributed by atoms with Gasteiger partial charge in [0.25, 0.3) is 0 Å². The molecule has 0 N–H and O–H groups in total. The standard InChI is InChI=1S/C18H22N4O3/c1-2-24-9-10-25-13-18(23)22-8-5-16-15(12-22)11-17(21-20-16)14-3-6-19-7-4-14/h3-4,6-7,11H,2,5,8-10,12-13H2,1H3. The minimum absolute atomic E-state index is 0.00979. The van der Waals surface area contributed by atoms with Crippen LogP contribution >= 0.6 is 0 Å². The highest BCUT2D eigenvalue weighted by Crippen LogP contribution is 2.22. The topological polar surface area (TPSA) is 77.4 Å². The second kappa shape index (κ2) is 8.64. The smallest absolute Gasteiger partial charge is 0.248 e. The lowest BCUT2D eigenvalue weighted by molar-refractivity contribution is -0.137. The Hall–Kier alpha value is -2.38. The average Bonchev–Trinajstić information content (AvgIpc) is 2.67. The third kappa shape index (κ3) is 4.58. The quantitative estimate of drug-likeness (QED) is 0.709. The SMILES string of the molecule is CCOCCOCC(=O)N1CCc2nnc(-c3ccncc3)cc2C1. The van der Waals surface area contributed by atoms with E-state index in [9.17, 15) is 4.79 Å². The summed E-state index contributed by atoms with van der Waals surface area (Å²) in [6.07, 6.45) is 4.17. The van der Waals surface area contributed by atoms with E-state index in [-0.39, 0.29) is 12.5 Å². The maximum absolute atomic E-state index is 12.3. The molecule has 0 spiro atoms. The number of carbonyl (C=O) groups excluding carboxylic acids is 1. The summed E-state index contributed by atoms with van der Waals surface area (Å²) in [5.74, 6) is -0.00979. The van der Waals surface area contributed by atoms with E-state index in [4.69, 9.17) is 9.47 Å². The molecule has 132 valence electrons. The van der Waals surface area contributed by atoms with Crippen molar-refractivity contribution in [3.05, 3.63) is 41.9 Å². The van der Waals surface area contributed by atoms with Gasteiger partial charge in [0, 0.05) is 44.1 Å². The van der Waals surface area contributed by atoms with Gasteiger partial charge in [0.05, 0.1) is 24.6 Å². The zero-order valence-electron chi connectivity index (χ0n) is 14.4. The number of hydrogen-bond donors (Lipinski definition) is 0. The molecule has 3 rings (SSSR count). The number of aromatic nitrogens is 3. The molecule has 0 saturated heterocycles. The fourth-order valence-corrected chi connectivity index (χ4v) is 2.72.